The topological polar surface area (TPSA) is 104 Å². The van der Waals surface area contributed by atoms with E-state index in [2.05, 4.69) is 4.98 Å². The number of benzene rings is 1. The zero-order valence-corrected chi connectivity index (χ0v) is 19.8. The van der Waals surface area contributed by atoms with E-state index in [1.165, 1.54) is 6.20 Å². The number of nitrogens with two attached hydrogens (primary N) is 1. The number of pyridine rings is 1. The number of piperidine rings is 1. The largest absolute Gasteiger partial charge is 0.493 e. The summed E-state index contributed by atoms with van der Waals surface area (Å²) in [5, 5.41) is 0. The highest BCUT2D eigenvalue weighted by Gasteiger charge is 2.27. The van der Waals surface area contributed by atoms with Gasteiger partial charge in [0.15, 0.2) is 0 Å². The van der Waals surface area contributed by atoms with Crippen LogP contribution in [0.25, 0.3) is 11.3 Å². The van der Waals surface area contributed by atoms with Crippen LogP contribution in [0.3, 0.4) is 0 Å². The number of primary amides is 1. The van der Waals surface area contributed by atoms with Gasteiger partial charge >= 0.3 is 6.09 Å². The van der Waals surface area contributed by atoms with Crippen molar-refractivity contribution in [1.29, 1.82) is 0 Å². The zero-order chi connectivity index (χ0) is 24.0. The molecule has 2 N–H and O–H groups in total. The fourth-order valence-electron chi connectivity index (χ4n) is 3.67. The average molecular weight is 456 g/mol. The van der Waals surface area contributed by atoms with Gasteiger partial charge in [0.05, 0.1) is 24.5 Å². The fourth-order valence-corrected chi connectivity index (χ4v) is 3.67. The maximum Gasteiger partial charge on any atom is 0.410 e. The van der Waals surface area contributed by atoms with E-state index in [0.717, 1.165) is 35.4 Å². The number of hydrogen-bond acceptors (Lipinski definition) is 6. The van der Waals surface area contributed by atoms with Crippen molar-refractivity contribution in [1.82, 2.24) is 9.88 Å². The number of carbonyl (C=O) groups is 2. The summed E-state index contributed by atoms with van der Waals surface area (Å²) in [7, 11) is 1.64. The second-order valence-corrected chi connectivity index (χ2v) is 9.27. The number of rotatable bonds is 7. The van der Waals surface area contributed by atoms with Gasteiger partial charge < -0.3 is 24.8 Å². The predicted molar refractivity (Wildman–Crippen MR) is 125 cm³/mol. The van der Waals surface area contributed by atoms with Crippen molar-refractivity contribution in [2.75, 3.05) is 26.8 Å². The van der Waals surface area contributed by atoms with Crippen molar-refractivity contribution in [3.05, 3.63) is 47.7 Å². The molecule has 1 aromatic heterocycles. The summed E-state index contributed by atoms with van der Waals surface area (Å²) in [6.07, 6.45) is 2.96. The number of amides is 2. The minimum Gasteiger partial charge on any atom is -0.493 e. The van der Waals surface area contributed by atoms with E-state index in [1.807, 2.05) is 39.0 Å². The van der Waals surface area contributed by atoms with Crippen LogP contribution in [0.5, 0.6) is 5.75 Å². The van der Waals surface area contributed by atoms with Crippen molar-refractivity contribution in [3.8, 4) is 17.0 Å². The second-order valence-electron chi connectivity index (χ2n) is 9.27. The quantitative estimate of drug-likeness (QED) is 0.676. The number of ether oxygens (including phenoxy) is 3. The Morgan fingerprint density at radius 3 is 2.45 bits per heavy atom. The maximum atomic E-state index is 12.2. The molecule has 1 aromatic carbocycles. The molecule has 3 rings (SSSR count). The van der Waals surface area contributed by atoms with E-state index < -0.39 is 11.5 Å². The van der Waals surface area contributed by atoms with Crippen LogP contribution in [0.15, 0.2) is 36.5 Å². The molecule has 0 saturated carbocycles. The predicted octanol–water partition coefficient (Wildman–Crippen LogP) is 4.02. The van der Waals surface area contributed by atoms with Gasteiger partial charge in [-0.05, 0) is 69.9 Å². The summed E-state index contributed by atoms with van der Waals surface area (Å²) >= 11 is 0. The molecule has 0 spiro atoms. The number of nitrogens with zero attached hydrogens (tertiary/aromatic N) is 2. The summed E-state index contributed by atoms with van der Waals surface area (Å²) in [5.41, 5.74) is 7.73. The van der Waals surface area contributed by atoms with Gasteiger partial charge in [-0.25, -0.2) is 4.79 Å². The lowest BCUT2D eigenvalue weighted by Crippen LogP contribution is -2.42. The first kappa shape index (κ1) is 24.5. The van der Waals surface area contributed by atoms with E-state index in [4.69, 9.17) is 19.9 Å². The normalized spacial score (nSPS) is 14.7. The van der Waals surface area contributed by atoms with Gasteiger partial charge in [-0.3, -0.25) is 9.78 Å². The lowest BCUT2D eigenvalue weighted by molar-refractivity contribution is 0.0164. The molecule has 0 bridgehead atoms. The first-order chi connectivity index (χ1) is 15.7. The third-order valence-electron chi connectivity index (χ3n) is 5.44. The summed E-state index contributed by atoms with van der Waals surface area (Å²) < 4.78 is 17.0. The lowest BCUT2D eigenvalue weighted by atomic mass is 9.98. The Bertz CT molecular complexity index is 961. The fraction of sp³-hybridized carbons (Fsp3) is 0.480. The van der Waals surface area contributed by atoms with Crippen molar-refractivity contribution >= 4 is 12.0 Å². The van der Waals surface area contributed by atoms with E-state index in [9.17, 15) is 9.59 Å². The third-order valence-corrected chi connectivity index (χ3v) is 5.44. The van der Waals surface area contributed by atoms with Gasteiger partial charge in [0, 0.05) is 37.5 Å². The SMILES string of the molecule is COCc1cc(-c2ccc(C(N)=O)cn2)ccc1OCC1CCN(C(=O)OC(C)(C)C)CC1. The van der Waals surface area contributed by atoms with E-state index in [-0.39, 0.29) is 6.09 Å². The van der Waals surface area contributed by atoms with Crippen LogP contribution in [0.4, 0.5) is 4.79 Å². The van der Waals surface area contributed by atoms with Gasteiger partial charge in [0.2, 0.25) is 5.91 Å². The number of carbonyl (C=O) groups excluding carboxylic acids is 2. The molecule has 0 unspecified atom stereocenters. The van der Waals surface area contributed by atoms with E-state index in [1.54, 1.807) is 24.1 Å². The molecule has 1 saturated heterocycles. The summed E-state index contributed by atoms with van der Waals surface area (Å²) in [4.78, 5) is 29.6. The standard InChI is InChI=1S/C25H33N3O5/c1-25(2,3)33-24(30)28-11-9-17(10-12-28)15-32-22-8-6-18(13-20(22)16-31-4)21-7-5-19(14-27-21)23(26)29/h5-8,13-14,17H,9-12,15-16H2,1-4H3,(H2,26,29). The molecule has 8 heteroatoms. The monoisotopic (exact) mass is 455 g/mol. The smallest absolute Gasteiger partial charge is 0.410 e. The second kappa shape index (κ2) is 10.7. The van der Waals surface area contributed by atoms with E-state index >= 15 is 0 Å². The Morgan fingerprint density at radius 1 is 1.15 bits per heavy atom. The number of aromatic nitrogens is 1. The average Bonchev–Trinajstić information content (AvgIpc) is 2.77. The summed E-state index contributed by atoms with van der Waals surface area (Å²) in [5.74, 6) is 0.625. The highest BCUT2D eigenvalue weighted by Crippen LogP contribution is 2.28. The van der Waals surface area contributed by atoms with Crippen LogP contribution in [0.2, 0.25) is 0 Å². The molecule has 1 aliphatic heterocycles. The Morgan fingerprint density at radius 2 is 1.88 bits per heavy atom. The molecule has 178 valence electrons. The highest BCUT2D eigenvalue weighted by atomic mass is 16.6. The summed E-state index contributed by atoms with van der Waals surface area (Å²) in [6, 6.07) is 9.27. The first-order valence-corrected chi connectivity index (χ1v) is 11.1. The van der Waals surface area contributed by atoms with Crippen molar-refractivity contribution < 1.29 is 23.8 Å². The minimum absolute atomic E-state index is 0.252. The third kappa shape index (κ3) is 6.92. The Balaban J connectivity index is 1.60. The van der Waals surface area contributed by atoms with Crippen LogP contribution in [-0.4, -0.2) is 54.3 Å². The summed E-state index contributed by atoms with van der Waals surface area (Å²) in [6.45, 7) is 7.94. The van der Waals surface area contributed by atoms with E-state index in [0.29, 0.717) is 37.8 Å². The molecule has 0 aliphatic carbocycles. The molecular weight excluding hydrogens is 422 g/mol. The molecular formula is C25H33N3O5. The number of hydrogen-bond donors (Lipinski definition) is 1. The Labute approximate surface area is 195 Å². The molecule has 1 aliphatic rings. The van der Waals surface area contributed by atoms with Crippen LogP contribution in [0, 0.1) is 5.92 Å². The number of methoxy groups -OCH3 is 1. The minimum atomic E-state index is -0.505. The first-order valence-electron chi connectivity index (χ1n) is 11.1. The molecule has 0 radical (unpaired) electrons. The van der Waals surface area contributed by atoms with Crippen molar-refractivity contribution in [3.63, 3.8) is 0 Å². The Hall–Kier alpha value is -3.13. The van der Waals surface area contributed by atoms with Crippen molar-refractivity contribution in [2.24, 2.45) is 11.7 Å². The molecule has 1 fully saturated rings. The van der Waals surface area contributed by atoms with Crippen molar-refractivity contribution in [2.45, 2.75) is 45.8 Å². The Kier molecular flexibility index (Phi) is 7.92. The van der Waals surface area contributed by atoms with Crippen LogP contribution < -0.4 is 10.5 Å². The van der Waals surface area contributed by atoms with Gasteiger partial charge in [0.25, 0.3) is 0 Å². The lowest BCUT2D eigenvalue weighted by Gasteiger charge is -2.33. The van der Waals surface area contributed by atoms with Gasteiger partial charge in [0.1, 0.15) is 11.4 Å². The molecule has 2 aromatic rings. The van der Waals surface area contributed by atoms with Crippen LogP contribution >= 0.6 is 0 Å². The van der Waals surface area contributed by atoms with Crippen LogP contribution in [-0.2, 0) is 16.1 Å². The molecule has 2 amide bonds. The molecule has 2 heterocycles. The molecule has 8 nitrogen and oxygen atoms in total. The van der Waals surface area contributed by atoms with Gasteiger partial charge in [-0.15, -0.1) is 0 Å². The van der Waals surface area contributed by atoms with Gasteiger partial charge in [-0.2, -0.15) is 0 Å². The number of likely N-dealkylation sites (tertiary alicyclic amines) is 1. The molecule has 0 atom stereocenters. The highest BCUT2D eigenvalue weighted by molar-refractivity contribution is 5.92. The van der Waals surface area contributed by atoms with Crippen LogP contribution in [0.1, 0.15) is 49.5 Å². The molecule has 33 heavy (non-hydrogen) atoms. The zero-order valence-electron chi connectivity index (χ0n) is 19.8. The van der Waals surface area contributed by atoms with Gasteiger partial charge in [-0.1, -0.05) is 0 Å². The maximum absolute atomic E-state index is 12.2.